The number of nitrogens with one attached hydrogen (secondary N) is 1. The summed E-state index contributed by atoms with van der Waals surface area (Å²) in [6, 6.07) is 8.92. The van der Waals surface area contributed by atoms with E-state index in [1.54, 1.807) is 18.3 Å². The highest BCUT2D eigenvalue weighted by Crippen LogP contribution is 2.31. The van der Waals surface area contributed by atoms with Gasteiger partial charge in [0.1, 0.15) is 0 Å². The van der Waals surface area contributed by atoms with Crippen molar-refractivity contribution in [1.29, 1.82) is 0 Å². The molecule has 100 valence electrons. The Morgan fingerprint density at radius 1 is 1.37 bits per heavy atom. The zero-order valence-corrected chi connectivity index (χ0v) is 11.5. The summed E-state index contributed by atoms with van der Waals surface area (Å²) in [4.78, 5) is 4.01. The van der Waals surface area contributed by atoms with Crippen LogP contribution < -0.4 is 10.1 Å². The molecule has 0 radical (unpaired) electrons. The Labute approximate surface area is 117 Å². The maximum absolute atomic E-state index is 9.57. The summed E-state index contributed by atoms with van der Waals surface area (Å²) in [6.07, 6.45) is 1.64. The lowest BCUT2D eigenvalue weighted by Gasteiger charge is -2.17. The van der Waals surface area contributed by atoms with Crippen LogP contribution in [0.25, 0.3) is 0 Å². The van der Waals surface area contributed by atoms with Crippen LogP contribution in [0.2, 0.25) is 5.15 Å². The number of benzene rings is 1. The molecule has 0 saturated carbocycles. The van der Waals surface area contributed by atoms with Crippen molar-refractivity contribution in [2.75, 3.05) is 12.4 Å². The van der Waals surface area contributed by atoms with Crippen molar-refractivity contribution < 1.29 is 9.84 Å². The van der Waals surface area contributed by atoms with Gasteiger partial charge in [0.15, 0.2) is 16.7 Å². The van der Waals surface area contributed by atoms with Crippen molar-refractivity contribution in [3.63, 3.8) is 0 Å². The van der Waals surface area contributed by atoms with Crippen LogP contribution in [0.3, 0.4) is 0 Å². The molecule has 0 aliphatic heterocycles. The van der Waals surface area contributed by atoms with Gasteiger partial charge in [-0.3, -0.25) is 0 Å². The Kier molecular flexibility index (Phi) is 4.12. The maximum Gasteiger partial charge on any atom is 0.160 e. The number of anilines is 1. The first kappa shape index (κ1) is 13.5. The number of aromatic hydroxyl groups is 1. The van der Waals surface area contributed by atoms with Gasteiger partial charge >= 0.3 is 0 Å². The standard InChI is InChI=1S/C14H15ClN2O2/c1-9(17-11-4-3-7-16-14(11)15)10-5-6-12(18)13(8-10)19-2/h3-9,17-18H,1-2H3. The molecule has 19 heavy (non-hydrogen) atoms. The second-order valence-electron chi connectivity index (χ2n) is 4.14. The molecular formula is C14H15ClN2O2. The van der Waals surface area contributed by atoms with E-state index >= 15 is 0 Å². The predicted octanol–water partition coefficient (Wildman–Crippen LogP) is 3.62. The highest BCUT2D eigenvalue weighted by atomic mass is 35.5. The van der Waals surface area contributed by atoms with Crippen LogP contribution in [0.4, 0.5) is 5.69 Å². The SMILES string of the molecule is COc1cc(C(C)Nc2cccnc2Cl)ccc1O. The van der Waals surface area contributed by atoms with Gasteiger partial charge in [0.25, 0.3) is 0 Å². The van der Waals surface area contributed by atoms with Crippen molar-refractivity contribution in [2.45, 2.75) is 13.0 Å². The van der Waals surface area contributed by atoms with Gasteiger partial charge in [-0.25, -0.2) is 4.98 Å². The quantitative estimate of drug-likeness (QED) is 0.839. The van der Waals surface area contributed by atoms with Crippen molar-refractivity contribution in [3.05, 3.63) is 47.2 Å². The number of hydrogen-bond acceptors (Lipinski definition) is 4. The van der Waals surface area contributed by atoms with Gasteiger partial charge in [-0.15, -0.1) is 0 Å². The first-order valence-electron chi connectivity index (χ1n) is 5.85. The minimum atomic E-state index is 0.0104. The molecule has 0 aliphatic carbocycles. The molecule has 0 saturated heterocycles. The molecule has 2 aromatic rings. The fourth-order valence-corrected chi connectivity index (χ4v) is 1.95. The average Bonchev–Trinajstić information content (AvgIpc) is 2.42. The van der Waals surface area contributed by atoms with Gasteiger partial charge in [-0.1, -0.05) is 17.7 Å². The van der Waals surface area contributed by atoms with E-state index in [1.807, 2.05) is 25.1 Å². The van der Waals surface area contributed by atoms with Gasteiger partial charge in [-0.2, -0.15) is 0 Å². The Morgan fingerprint density at radius 3 is 2.84 bits per heavy atom. The van der Waals surface area contributed by atoms with E-state index in [4.69, 9.17) is 16.3 Å². The molecule has 4 nitrogen and oxygen atoms in total. The highest BCUT2D eigenvalue weighted by molar-refractivity contribution is 6.31. The smallest absolute Gasteiger partial charge is 0.160 e. The van der Waals surface area contributed by atoms with Crippen LogP contribution >= 0.6 is 11.6 Å². The first-order valence-corrected chi connectivity index (χ1v) is 6.23. The van der Waals surface area contributed by atoms with Crippen LogP contribution in [0.1, 0.15) is 18.5 Å². The third kappa shape index (κ3) is 3.09. The van der Waals surface area contributed by atoms with Gasteiger partial charge in [0, 0.05) is 12.2 Å². The molecular weight excluding hydrogens is 264 g/mol. The highest BCUT2D eigenvalue weighted by Gasteiger charge is 2.10. The van der Waals surface area contributed by atoms with Crippen molar-refractivity contribution in [3.8, 4) is 11.5 Å². The van der Waals surface area contributed by atoms with E-state index in [0.717, 1.165) is 11.3 Å². The minimum Gasteiger partial charge on any atom is -0.504 e. The lowest BCUT2D eigenvalue weighted by molar-refractivity contribution is 0.373. The van der Waals surface area contributed by atoms with Crippen LogP contribution in [0.15, 0.2) is 36.5 Å². The summed E-state index contributed by atoms with van der Waals surface area (Å²) in [7, 11) is 1.52. The number of ether oxygens (including phenoxy) is 1. The summed E-state index contributed by atoms with van der Waals surface area (Å²) in [5.41, 5.74) is 1.75. The molecule has 0 bridgehead atoms. The Morgan fingerprint density at radius 2 is 2.16 bits per heavy atom. The Bertz CT molecular complexity index is 575. The number of pyridine rings is 1. The van der Waals surface area contributed by atoms with Crippen LogP contribution in [-0.2, 0) is 0 Å². The van der Waals surface area contributed by atoms with E-state index in [1.165, 1.54) is 7.11 Å². The monoisotopic (exact) mass is 278 g/mol. The molecule has 2 rings (SSSR count). The molecule has 0 fully saturated rings. The molecule has 2 N–H and O–H groups in total. The first-order chi connectivity index (χ1) is 9.11. The number of rotatable bonds is 4. The number of phenols is 1. The summed E-state index contributed by atoms with van der Waals surface area (Å²) < 4.78 is 5.09. The average molecular weight is 279 g/mol. The summed E-state index contributed by atoms with van der Waals surface area (Å²) in [5, 5.41) is 13.3. The summed E-state index contributed by atoms with van der Waals surface area (Å²) in [6.45, 7) is 2.00. The Hall–Kier alpha value is -1.94. The number of nitrogens with zero attached hydrogens (tertiary/aromatic N) is 1. The summed E-state index contributed by atoms with van der Waals surface area (Å²) >= 11 is 6.00. The fraction of sp³-hybridized carbons (Fsp3) is 0.214. The lowest BCUT2D eigenvalue weighted by atomic mass is 10.1. The number of halogens is 1. The second-order valence-corrected chi connectivity index (χ2v) is 4.50. The molecule has 1 aromatic heterocycles. The molecule has 1 atom stereocenters. The summed E-state index contributed by atoms with van der Waals surface area (Å²) in [5.74, 6) is 0.571. The molecule has 5 heteroatoms. The van der Waals surface area contributed by atoms with Gasteiger partial charge < -0.3 is 15.2 Å². The zero-order valence-electron chi connectivity index (χ0n) is 10.7. The van der Waals surface area contributed by atoms with Crippen molar-refractivity contribution >= 4 is 17.3 Å². The third-order valence-corrected chi connectivity index (χ3v) is 3.14. The van der Waals surface area contributed by atoms with E-state index in [9.17, 15) is 5.11 Å². The van der Waals surface area contributed by atoms with E-state index in [-0.39, 0.29) is 11.8 Å². The molecule has 1 heterocycles. The van der Waals surface area contributed by atoms with E-state index < -0.39 is 0 Å². The van der Waals surface area contributed by atoms with Crippen LogP contribution in [0, 0.1) is 0 Å². The Balaban J connectivity index is 2.20. The molecule has 0 spiro atoms. The van der Waals surface area contributed by atoms with Gasteiger partial charge in [0.2, 0.25) is 0 Å². The minimum absolute atomic E-state index is 0.0104. The number of methoxy groups -OCH3 is 1. The molecule has 0 amide bonds. The lowest BCUT2D eigenvalue weighted by Crippen LogP contribution is -2.07. The number of aromatic nitrogens is 1. The number of phenolic OH excluding ortho intramolecular Hbond substituents is 1. The zero-order chi connectivity index (χ0) is 13.8. The maximum atomic E-state index is 9.57. The van der Waals surface area contributed by atoms with Crippen LogP contribution in [-0.4, -0.2) is 17.2 Å². The molecule has 1 aromatic carbocycles. The fourth-order valence-electron chi connectivity index (χ4n) is 1.77. The number of hydrogen-bond donors (Lipinski definition) is 2. The van der Waals surface area contributed by atoms with Crippen molar-refractivity contribution in [2.24, 2.45) is 0 Å². The van der Waals surface area contributed by atoms with Gasteiger partial charge in [-0.05, 0) is 36.8 Å². The van der Waals surface area contributed by atoms with Crippen molar-refractivity contribution in [1.82, 2.24) is 4.98 Å². The second kappa shape index (κ2) is 5.80. The molecule has 1 unspecified atom stereocenters. The third-order valence-electron chi connectivity index (χ3n) is 2.83. The predicted molar refractivity (Wildman–Crippen MR) is 75.9 cm³/mol. The van der Waals surface area contributed by atoms with E-state index in [2.05, 4.69) is 10.3 Å². The van der Waals surface area contributed by atoms with Crippen LogP contribution in [0.5, 0.6) is 11.5 Å². The topological polar surface area (TPSA) is 54.4 Å². The van der Waals surface area contributed by atoms with Gasteiger partial charge in [0.05, 0.1) is 12.8 Å². The molecule has 0 aliphatic rings. The normalized spacial score (nSPS) is 11.9. The largest absolute Gasteiger partial charge is 0.504 e. The van der Waals surface area contributed by atoms with E-state index in [0.29, 0.717) is 10.9 Å².